The molecule has 5 heteroatoms. The lowest BCUT2D eigenvalue weighted by molar-refractivity contribution is 0.0382. The molecule has 2 unspecified atom stereocenters. The van der Waals surface area contributed by atoms with E-state index in [0.717, 1.165) is 51.6 Å². The van der Waals surface area contributed by atoms with Crippen LogP contribution in [0.5, 0.6) is 0 Å². The molecule has 0 spiro atoms. The van der Waals surface area contributed by atoms with Crippen molar-refractivity contribution in [3.63, 3.8) is 0 Å². The predicted octanol–water partition coefficient (Wildman–Crippen LogP) is 0.0653. The second kappa shape index (κ2) is 8.17. The van der Waals surface area contributed by atoms with Crippen LogP contribution in [0.2, 0.25) is 0 Å². The normalized spacial score (nSPS) is 21.9. The van der Waals surface area contributed by atoms with Gasteiger partial charge in [-0.3, -0.25) is 9.11 Å². The Morgan fingerprint density at radius 1 is 1.44 bits per heavy atom. The van der Waals surface area contributed by atoms with Crippen LogP contribution < -0.4 is 5.32 Å². The number of hydrogen-bond acceptors (Lipinski definition) is 4. The summed E-state index contributed by atoms with van der Waals surface area (Å²) in [4.78, 5) is 2.42. The van der Waals surface area contributed by atoms with Crippen LogP contribution in [0.3, 0.4) is 0 Å². The Balaban J connectivity index is 1.98. The Morgan fingerprint density at radius 3 is 2.75 bits per heavy atom. The van der Waals surface area contributed by atoms with Crippen LogP contribution in [0.1, 0.15) is 13.3 Å². The highest BCUT2D eigenvalue weighted by atomic mass is 32.2. The fourth-order valence-corrected chi connectivity index (χ4v) is 2.42. The van der Waals surface area contributed by atoms with Gasteiger partial charge in [0.05, 0.1) is 13.2 Å². The minimum atomic E-state index is -0.663. The zero-order valence-corrected chi connectivity index (χ0v) is 11.2. The van der Waals surface area contributed by atoms with E-state index in [2.05, 4.69) is 17.1 Å². The number of hydrogen-bond donors (Lipinski definition) is 1. The molecule has 0 radical (unpaired) electrons. The van der Waals surface area contributed by atoms with Gasteiger partial charge in [0.1, 0.15) is 0 Å². The van der Waals surface area contributed by atoms with Crippen LogP contribution in [0.15, 0.2) is 0 Å². The smallest absolute Gasteiger partial charge is 0.0594 e. The van der Waals surface area contributed by atoms with Crippen molar-refractivity contribution >= 4 is 10.8 Å². The van der Waals surface area contributed by atoms with Crippen LogP contribution in [-0.4, -0.2) is 66.6 Å². The number of rotatable bonds is 7. The highest BCUT2D eigenvalue weighted by molar-refractivity contribution is 7.84. The molecule has 4 nitrogen and oxygen atoms in total. The van der Waals surface area contributed by atoms with Crippen molar-refractivity contribution in [3.8, 4) is 0 Å². The molecule has 0 saturated carbocycles. The first kappa shape index (κ1) is 14.1. The first-order valence-electron chi connectivity index (χ1n) is 6.02. The highest BCUT2D eigenvalue weighted by Gasteiger charge is 2.10. The second-order valence-electron chi connectivity index (χ2n) is 4.38. The lowest BCUT2D eigenvalue weighted by Crippen LogP contribution is -2.42. The maximum atomic E-state index is 10.9. The van der Waals surface area contributed by atoms with Crippen LogP contribution in [-0.2, 0) is 15.5 Å². The van der Waals surface area contributed by atoms with E-state index in [1.807, 2.05) is 0 Å². The Bertz CT molecular complexity index is 208. The van der Waals surface area contributed by atoms with Crippen molar-refractivity contribution in [2.75, 3.05) is 51.4 Å². The van der Waals surface area contributed by atoms with E-state index >= 15 is 0 Å². The fraction of sp³-hybridized carbons (Fsp3) is 1.00. The largest absolute Gasteiger partial charge is 0.379 e. The molecule has 1 rings (SSSR count). The monoisotopic (exact) mass is 248 g/mol. The molecule has 0 bridgehead atoms. The van der Waals surface area contributed by atoms with Crippen molar-refractivity contribution in [2.45, 2.75) is 19.4 Å². The molecule has 16 heavy (non-hydrogen) atoms. The van der Waals surface area contributed by atoms with Crippen LogP contribution >= 0.6 is 0 Å². The van der Waals surface area contributed by atoms with Crippen molar-refractivity contribution in [1.29, 1.82) is 0 Å². The summed E-state index contributed by atoms with van der Waals surface area (Å²) in [5.74, 6) is 0.797. The van der Waals surface area contributed by atoms with Gasteiger partial charge >= 0.3 is 0 Å². The molecule has 0 aromatic carbocycles. The van der Waals surface area contributed by atoms with Crippen molar-refractivity contribution in [2.24, 2.45) is 0 Å². The molecule has 0 amide bonds. The van der Waals surface area contributed by atoms with E-state index in [-0.39, 0.29) is 0 Å². The van der Waals surface area contributed by atoms with Crippen LogP contribution in [0, 0.1) is 0 Å². The number of morpholine rings is 1. The molecule has 0 aromatic rings. The maximum Gasteiger partial charge on any atom is 0.0594 e. The summed E-state index contributed by atoms with van der Waals surface area (Å²) in [5.41, 5.74) is 0. The van der Waals surface area contributed by atoms with Gasteiger partial charge in [0.2, 0.25) is 0 Å². The van der Waals surface area contributed by atoms with E-state index in [1.54, 1.807) is 6.26 Å². The van der Waals surface area contributed by atoms with Gasteiger partial charge in [0.15, 0.2) is 0 Å². The van der Waals surface area contributed by atoms with Gasteiger partial charge in [-0.05, 0) is 13.3 Å². The average molecular weight is 248 g/mol. The molecule has 0 aromatic heterocycles. The molecular formula is C11H24N2O2S. The summed E-state index contributed by atoms with van der Waals surface area (Å²) >= 11 is 0. The van der Waals surface area contributed by atoms with E-state index < -0.39 is 10.8 Å². The van der Waals surface area contributed by atoms with E-state index in [4.69, 9.17) is 4.74 Å². The Morgan fingerprint density at radius 2 is 2.12 bits per heavy atom. The highest BCUT2D eigenvalue weighted by Crippen LogP contribution is 1.96. The molecule has 1 fully saturated rings. The fourth-order valence-electron chi connectivity index (χ4n) is 1.74. The Kier molecular flexibility index (Phi) is 7.20. The zero-order chi connectivity index (χ0) is 11.8. The van der Waals surface area contributed by atoms with Gasteiger partial charge in [-0.15, -0.1) is 0 Å². The molecule has 1 aliphatic rings. The lowest BCUT2D eigenvalue weighted by atomic mass is 10.2. The first-order chi connectivity index (χ1) is 7.68. The third-order valence-corrected chi connectivity index (χ3v) is 3.67. The minimum Gasteiger partial charge on any atom is -0.379 e. The number of nitrogens with one attached hydrogen (secondary N) is 1. The molecule has 2 atom stereocenters. The van der Waals surface area contributed by atoms with Crippen molar-refractivity contribution < 1.29 is 8.95 Å². The molecule has 1 heterocycles. The van der Waals surface area contributed by atoms with Gasteiger partial charge in [0.25, 0.3) is 0 Å². The van der Waals surface area contributed by atoms with Gasteiger partial charge in [-0.1, -0.05) is 0 Å². The third kappa shape index (κ3) is 6.58. The van der Waals surface area contributed by atoms with E-state index in [1.165, 1.54) is 0 Å². The molecule has 1 N–H and O–H groups in total. The summed E-state index contributed by atoms with van der Waals surface area (Å²) < 4.78 is 16.2. The summed E-state index contributed by atoms with van der Waals surface area (Å²) in [5, 5.41) is 3.47. The van der Waals surface area contributed by atoms with Gasteiger partial charge in [0, 0.05) is 55.0 Å². The quantitative estimate of drug-likeness (QED) is 0.692. The molecule has 0 aliphatic carbocycles. The first-order valence-corrected chi connectivity index (χ1v) is 7.74. The van der Waals surface area contributed by atoms with Crippen molar-refractivity contribution in [1.82, 2.24) is 10.2 Å². The van der Waals surface area contributed by atoms with Gasteiger partial charge < -0.3 is 10.1 Å². The molecule has 1 saturated heterocycles. The standard InChI is InChI=1S/C11H24N2O2S/c1-11(3-10-16(2)14)12-4-5-13-6-8-15-9-7-13/h11-12H,3-10H2,1-2H3. The van der Waals surface area contributed by atoms with Crippen molar-refractivity contribution in [3.05, 3.63) is 0 Å². The number of ether oxygens (including phenoxy) is 1. The summed E-state index contributed by atoms with van der Waals surface area (Å²) in [7, 11) is -0.663. The van der Waals surface area contributed by atoms with Crippen LogP contribution in [0.4, 0.5) is 0 Å². The zero-order valence-electron chi connectivity index (χ0n) is 10.4. The minimum absolute atomic E-state index is 0.463. The molecule has 96 valence electrons. The summed E-state index contributed by atoms with van der Waals surface area (Å²) in [6.45, 7) is 8.09. The Labute approximate surface area is 101 Å². The SMILES string of the molecule is CC(CCS(C)=O)NCCN1CCOCC1. The van der Waals surface area contributed by atoms with Gasteiger partial charge in [-0.25, -0.2) is 0 Å². The van der Waals surface area contributed by atoms with E-state index in [0.29, 0.717) is 6.04 Å². The molecular weight excluding hydrogens is 224 g/mol. The Hall–Kier alpha value is 0.0300. The van der Waals surface area contributed by atoms with Gasteiger partial charge in [-0.2, -0.15) is 0 Å². The summed E-state index contributed by atoms with van der Waals surface area (Å²) in [6, 6.07) is 0.463. The average Bonchev–Trinajstić information content (AvgIpc) is 2.28. The lowest BCUT2D eigenvalue weighted by Gasteiger charge is -2.27. The predicted molar refractivity (Wildman–Crippen MR) is 68.3 cm³/mol. The number of nitrogens with zero attached hydrogens (tertiary/aromatic N) is 1. The second-order valence-corrected chi connectivity index (χ2v) is 5.93. The topological polar surface area (TPSA) is 41.6 Å². The summed E-state index contributed by atoms with van der Waals surface area (Å²) in [6.07, 6.45) is 2.76. The van der Waals surface area contributed by atoms with E-state index in [9.17, 15) is 4.21 Å². The third-order valence-electron chi connectivity index (χ3n) is 2.86. The van der Waals surface area contributed by atoms with Crippen LogP contribution in [0.25, 0.3) is 0 Å². The maximum absolute atomic E-state index is 10.9. The molecule has 1 aliphatic heterocycles.